The molecule has 1 saturated heterocycles. The Hall–Kier alpha value is -4.00. The van der Waals surface area contributed by atoms with E-state index in [1.54, 1.807) is 60.7 Å². The molecule has 3 aliphatic rings. The van der Waals surface area contributed by atoms with E-state index in [0.29, 0.717) is 21.6 Å². The molecule has 2 unspecified atom stereocenters. The van der Waals surface area contributed by atoms with E-state index < -0.39 is 46.2 Å². The zero-order valence-electron chi connectivity index (χ0n) is 19.8. The van der Waals surface area contributed by atoms with E-state index in [9.17, 15) is 19.2 Å². The lowest BCUT2D eigenvalue weighted by Gasteiger charge is -2.33. The Morgan fingerprint density at radius 2 is 1.16 bits per heavy atom. The van der Waals surface area contributed by atoms with Crippen LogP contribution in [-0.2, 0) is 4.74 Å². The van der Waals surface area contributed by atoms with E-state index in [1.807, 2.05) is 36.6 Å². The molecule has 4 aromatic rings. The van der Waals surface area contributed by atoms with Gasteiger partial charge >= 0.3 is 0 Å². The molecule has 1 aliphatic heterocycles. The lowest BCUT2D eigenvalue weighted by molar-refractivity contribution is -0.0209. The van der Waals surface area contributed by atoms with Gasteiger partial charge in [-0.1, -0.05) is 84.4 Å². The zero-order valence-corrected chi connectivity index (χ0v) is 20.6. The van der Waals surface area contributed by atoms with Gasteiger partial charge in [0.15, 0.2) is 11.6 Å². The van der Waals surface area contributed by atoms with Crippen LogP contribution >= 0.6 is 11.3 Å². The normalized spacial score (nSPS) is 22.7. The Bertz CT molecular complexity index is 1580. The van der Waals surface area contributed by atoms with E-state index in [-0.39, 0.29) is 11.1 Å². The quantitative estimate of drug-likeness (QED) is 0.323. The van der Waals surface area contributed by atoms with Crippen LogP contribution in [0.3, 0.4) is 0 Å². The Kier molecular flexibility index (Phi) is 4.51. The average Bonchev–Trinajstić information content (AvgIpc) is 3.65. The average molecular weight is 505 g/mol. The van der Waals surface area contributed by atoms with Gasteiger partial charge in [-0.3, -0.25) is 19.2 Å². The topological polar surface area (TPSA) is 77.5 Å². The predicted molar refractivity (Wildman–Crippen MR) is 137 cm³/mol. The number of hydrogen-bond donors (Lipinski definition) is 0. The monoisotopic (exact) mass is 504 g/mol. The highest BCUT2D eigenvalue weighted by Crippen LogP contribution is 2.68. The smallest absolute Gasteiger partial charge is 0.204 e. The second-order valence-electron chi connectivity index (χ2n) is 9.87. The van der Waals surface area contributed by atoms with Crippen molar-refractivity contribution in [1.82, 2.24) is 0 Å². The minimum absolute atomic E-state index is 0.254. The number of carbonyl (C=O) groups is 4. The fourth-order valence-corrected chi connectivity index (χ4v) is 7.41. The van der Waals surface area contributed by atoms with Crippen LogP contribution < -0.4 is 0 Å². The highest BCUT2D eigenvalue weighted by molar-refractivity contribution is 7.10. The Morgan fingerprint density at radius 1 is 0.649 bits per heavy atom. The van der Waals surface area contributed by atoms with E-state index >= 15 is 0 Å². The minimum atomic E-state index is -2.03. The fraction of sp³-hybridized carbons (Fsp3) is 0.161. The second-order valence-corrected chi connectivity index (χ2v) is 10.8. The maximum absolute atomic E-state index is 14.5. The SMILES string of the molecule is Cc1ccc(C2OC3(C(=O)c4ccccc4C3=O)C(c3cccs3)C23C(=O)c2ccccc2C3=O)cc1. The van der Waals surface area contributed by atoms with Gasteiger partial charge in [0.25, 0.3) is 0 Å². The lowest BCUT2D eigenvalue weighted by atomic mass is 9.61. The van der Waals surface area contributed by atoms with Gasteiger partial charge in [-0.15, -0.1) is 11.3 Å². The van der Waals surface area contributed by atoms with Crippen molar-refractivity contribution < 1.29 is 23.9 Å². The van der Waals surface area contributed by atoms with Crippen LogP contribution in [0.15, 0.2) is 90.3 Å². The largest absolute Gasteiger partial charge is 0.348 e. The van der Waals surface area contributed by atoms with Crippen molar-refractivity contribution in [2.75, 3.05) is 0 Å². The van der Waals surface area contributed by atoms with Crippen molar-refractivity contribution >= 4 is 34.5 Å². The summed E-state index contributed by atoms with van der Waals surface area (Å²) in [7, 11) is 0. The van der Waals surface area contributed by atoms with Crippen LogP contribution in [0.25, 0.3) is 0 Å². The summed E-state index contributed by atoms with van der Waals surface area (Å²) >= 11 is 1.32. The number of benzene rings is 3. The van der Waals surface area contributed by atoms with Crippen LogP contribution in [0.5, 0.6) is 0 Å². The number of hydrogen-bond acceptors (Lipinski definition) is 6. The molecule has 5 nitrogen and oxygen atoms in total. The third-order valence-electron chi connectivity index (χ3n) is 8.05. The number of fused-ring (bicyclic) bond motifs is 2. The number of rotatable bonds is 2. The van der Waals surface area contributed by atoms with Gasteiger partial charge in [0.1, 0.15) is 11.5 Å². The number of ketones is 4. The highest BCUT2D eigenvalue weighted by Gasteiger charge is 2.79. The fourth-order valence-electron chi connectivity index (χ4n) is 6.45. The number of Topliss-reactive ketones (excluding diaryl/α,β-unsaturated/α-hetero) is 4. The summed E-state index contributed by atoms with van der Waals surface area (Å²) in [4.78, 5) is 58.0. The Labute approximate surface area is 216 Å². The first-order valence-corrected chi connectivity index (χ1v) is 13.0. The first kappa shape index (κ1) is 22.2. The molecule has 2 aliphatic carbocycles. The molecule has 2 atom stereocenters. The van der Waals surface area contributed by atoms with E-state index in [0.717, 1.165) is 5.56 Å². The van der Waals surface area contributed by atoms with Crippen LogP contribution in [0.4, 0.5) is 0 Å². The summed E-state index contributed by atoms with van der Waals surface area (Å²) in [6.45, 7) is 1.94. The third-order valence-corrected chi connectivity index (χ3v) is 8.98. The van der Waals surface area contributed by atoms with Crippen molar-refractivity contribution in [3.63, 3.8) is 0 Å². The summed E-state index contributed by atoms with van der Waals surface area (Å²) < 4.78 is 6.66. The first-order valence-electron chi connectivity index (χ1n) is 12.1. The van der Waals surface area contributed by atoms with Gasteiger partial charge in [0, 0.05) is 27.1 Å². The molecule has 3 aromatic carbocycles. The number of aryl methyl sites for hydroxylation is 1. The molecule has 0 radical (unpaired) electrons. The summed E-state index contributed by atoms with van der Waals surface area (Å²) in [5, 5.41) is 1.82. The van der Waals surface area contributed by atoms with Gasteiger partial charge in [-0.05, 0) is 23.9 Å². The molecule has 2 heterocycles. The highest BCUT2D eigenvalue weighted by atomic mass is 32.1. The van der Waals surface area contributed by atoms with Gasteiger partial charge in [-0.2, -0.15) is 0 Å². The van der Waals surface area contributed by atoms with Gasteiger partial charge < -0.3 is 4.74 Å². The maximum atomic E-state index is 14.5. The molecule has 37 heavy (non-hydrogen) atoms. The molecule has 1 aromatic heterocycles. The molecule has 1 fully saturated rings. The third kappa shape index (κ3) is 2.56. The summed E-state index contributed by atoms with van der Waals surface area (Å²) in [6, 6.07) is 24.3. The predicted octanol–water partition coefficient (Wildman–Crippen LogP) is 5.80. The Balaban J connectivity index is 1.58. The minimum Gasteiger partial charge on any atom is -0.348 e. The Morgan fingerprint density at radius 3 is 1.65 bits per heavy atom. The van der Waals surface area contributed by atoms with Crippen LogP contribution in [0.1, 0.15) is 69.5 Å². The molecule has 7 rings (SSSR count). The van der Waals surface area contributed by atoms with E-state index in [4.69, 9.17) is 4.74 Å². The van der Waals surface area contributed by atoms with Crippen LogP contribution in [0.2, 0.25) is 0 Å². The number of carbonyl (C=O) groups excluding carboxylic acids is 4. The second kappa shape index (κ2) is 7.51. The standard InChI is InChI=1S/C31H20O5S/c1-17-12-14-18(15-13-17)29-30(25(32)19-7-2-3-8-20(19)26(30)33)24(23-11-6-16-37-23)31(36-29)27(34)21-9-4-5-10-22(21)28(31)35/h2-16,24,29H,1H3. The van der Waals surface area contributed by atoms with E-state index in [1.165, 1.54) is 11.3 Å². The summed E-state index contributed by atoms with van der Waals surface area (Å²) in [5.74, 6) is -2.95. The van der Waals surface area contributed by atoms with Crippen molar-refractivity contribution in [2.24, 2.45) is 5.41 Å². The van der Waals surface area contributed by atoms with Crippen molar-refractivity contribution in [3.8, 4) is 0 Å². The zero-order chi connectivity index (χ0) is 25.5. The molecule has 0 N–H and O–H groups in total. The maximum Gasteiger partial charge on any atom is 0.204 e. The van der Waals surface area contributed by atoms with Gasteiger partial charge in [0.05, 0.1) is 5.92 Å². The number of thiophene rings is 1. The van der Waals surface area contributed by atoms with Crippen LogP contribution in [0, 0.1) is 12.3 Å². The molecule has 2 spiro atoms. The van der Waals surface area contributed by atoms with Gasteiger partial charge in [-0.25, -0.2) is 0 Å². The number of ether oxygens (including phenoxy) is 1. The molecule has 0 bridgehead atoms. The van der Waals surface area contributed by atoms with Crippen molar-refractivity contribution in [1.29, 1.82) is 0 Å². The molecule has 0 saturated carbocycles. The lowest BCUT2D eigenvalue weighted by Crippen LogP contribution is -2.50. The van der Waals surface area contributed by atoms with Crippen molar-refractivity contribution in [3.05, 3.63) is 129 Å². The molecule has 180 valence electrons. The summed E-state index contributed by atoms with van der Waals surface area (Å²) in [5.41, 5.74) is -1.17. The van der Waals surface area contributed by atoms with Crippen LogP contribution in [-0.4, -0.2) is 28.7 Å². The molecule has 0 amide bonds. The molecular formula is C31H20O5S. The van der Waals surface area contributed by atoms with Crippen molar-refractivity contribution in [2.45, 2.75) is 24.5 Å². The molecular weight excluding hydrogens is 484 g/mol. The summed E-state index contributed by atoms with van der Waals surface area (Å²) in [6.07, 6.45) is -1.13. The molecule has 6 heteroatoms. The first-order chi connectivity index (χ1) is 17.9. The van der Waals surface area contributed by atoms with E-state index in [2.05, 4.69) is 0 Å². The van der Waals surface area contributed by atoms with Gasteiger partial charge in [0.2, 0.25) is 17.2 Å².